The largest absolute Gasteiger partial charge is 0.496 e. The van der Waals surface area contributed by atoms with Crippen LogP contribution in [0, 0.1) is 11.7 Å². The molecule has 1 saturated heterocycles. The van der Waals surface area contributed by atoms with E-state index in [2.05, 4.69) is 0 Å². The fourth-order valence-electron chi connectivity index (χ4n) is 4.86. The van der Waals surface area contributed by atoms with Crippen molar-refractivity contribution in [1.82, 2.24) is 9.58 Å². The Kier molecular flexibility index (Phi) is 7.66. The summed E-state index contributed by atoms with van der Waals surface area (Å²) < 4.78 is 22.4. The molecule has 1 aliphatic heterocycles. The van der Waals surface area contributed by atoms with Gasteiger partial charge < -0.3 is 19.5 Å². The number of carbonyl (C=O) groups is 2. The van der Waals surface area contributed by atoms with Crippen molar-refractivity contribution in [3.05, 3.63) is 68.2 Å². The van der Waals surface area contributed by atoms with Crippen LogP contribution in [0.3, 0.4) is 0 Å². The van der Waals surface area contributed by atoms with Crippen molar-refractivity contribution in [2.75, 3.05) is 32.3 Å². The third-order valence-electron chi connectivity index (χ3n) is 7.01. The average Bonchev–Trinajstić information content (AvgIpc) is 3.20. The first-order chi connectivity index (χ1) is 18.0. The normalized spacial score (nSPS) is 14.6. The lowest BCUT2D eigenvalue weighted by Gasteiger charge is -2.27. The number of amides is 1. The lowest BCUT2D eigenvalue weighted by Crippen LogP contribution is -2.35. The summed E-state index contributed by atoms with van der Waals surface area (Å²) in [5, 5.41) is 22.9. The van der Waals surface area contributed by atoms with Crippen LogP contribution in [0.5, 0.6) is 5.75 Å². The van der Waals surface area contributed by atoms with Gasteiger partial charge in [0.1, 0.15) is 17.1 Å². The standard InChI is InChI=1S/C27H29ClFN3O6/c1-14(2)22(13-33)31-12-19(27(36)37)26(35)18-9-15(23(38-4)11-21(18)31)7-16-8-17(10-20(28)25(16)29)32-6-5-24(34)30(32)3/h8-12,14,22,33H,5-7,13H2,1-4H3,(H,36,37). The molecule has 1 amide bonds. The molecule has 1 atom stereocenters. The Balaban J connectivity index is 1.90. The number of aliphatic hydroxyl groups excluding tert-OH is 1. The molecule has 0 bridgehead atoms. The smallest absolute Gasteiger partial charge is 0.341 e. The van der Waals surface area contributed by atoms with Crippen molar-refractivity contribution in [1.29, 1.82) is 0 Å². The highest BCUT2D eigenvalue weighted by molar-refractivity contribution is 6.31. The third kappa shape index (κ3) is 4.81. The van der Waals surface area contributed by atoms with Crippen LogP contribution >= 0.6 is 11.6 Å². The van der Waals surface area contributed by atoms with Crippen LogP contribution in [0.25, 0.3) is 10.9 Å². The summed E-state index contributed by atoms with van der Waals surface area (Å²) >= 11 is 6.22. The fraction of sp³-hybridized carbons (Fsp3) is 0.370. The van der Waals surface area contributed by atoms with Crippen LogP contribution in [0.1, 0.15) is 47.8 Å². The molecule has 2 heterocycles. The number of benzene rings is 2. The number of hydrogen-bond acceptors (Lipinski definition) is 6. The van der Waals surface area contributed by atoms with E-state index in [-0.39, 0.29) is 40.8 Å². The van der Waals surface area contributed by atoms with Crippen molar-refractivity contribution in [2.45, 2.75) is 32.7 Å². The number of pyridine rings is 1. The summed E-state index contributed by atoms with van der Waals surface area (Å²) in [6.07, 6.45) is 1.54. The summed E-state index contributed by atoms with van der Waals surface area (Å²) in [6.45, 7) is 3.90. The first kappa shape index (κ1) is 27.4. The van der Waals surface area contributed by atoms with Gasteiger partial charge in [-0.05, 0) is 35.2 Å². The predicted molar refractivity (Wildman–Crippen MR) is 142 cm³/mol. The van der Waals surface area contributed by atoms with Crippen molar-refractivity contribution >= 4 is 40.1 Å². The number of aromatic nitrogens is 1. The van der Waals surface area contributed by atoms with Crippen LogP contribution in [0.4, 0.5) is 10.1 Å². The summed E-state index contributed by atoms with van der Waals surface area (Å²) in [4.78, 5) is 37.1. The Morgan fingerprint density at radius 1 is 1.18 bits per heavy atom. The van der Waals surface area contributed by atoms with Crippen LogP contribution in [0.2, 0.25) is 5.02 Å². The maximum atomic E-state index is 15.2. The molecule has 0 aliphatic carbocycles. The highest BCUT2D eigenvalue weighted by Gasteiger charge is 2.28. The summed E-state index contributed by atoms with van der Waals surface area (Å²) in [6, 6.07) is 5.64. The Labute approximate surface area is 223 Å². The van der Waals surface area contributed by atoms with Gasteiger partial charge in [-0.15, -0.1) is 0 Å². The Bertz CT molecular complexity index is 1490. The molecule has 4 rings (SSSR count). The van der Waals surface area contributed by atoms with E-state index in [4.69, 9.17) is 16.3 Å². The van der Waals surface area contributed by atoms with Crippen LogP contribution in [-0.2, 0) is 11.2 Å². The molecule has 0 spiro atoms. The molecule has 0 radical (unpaired) electrons. The molecular formula is C27H29ClFN3O6. The van der Waals surface area contributed by atoms with Gasteiger partial charge in [0.25, 0.3) is 0 Å². The number of carboxylic acids is 1. The molecule has 1 aromatic heterocycles. The van der Waals surface area contributed by atoms with Crippen molar-refractivity contribution in [3.63, 3.8) is 0 Å². The lowest BCUT2D eigenvalue weighted by molar-refractivity contribution is -0.126. The zero-order valence-corrected chi connectivity index (χ0v) is 22.3. The number of aromatic carboxylic acids is 1. The number of halogens is 2. The molecule has 0 saturated carbocycles. The number of anilines is 1. The first-order valence-electron chi connectivity index (χ1n) is 12.1. The van der Waals surface area contributed by atoms with Gasteiger partial charge in [0.15, 0.2) is 0 Å². The molecular weight excluding hydrogens is 517 g/mol. The molecule has 3 aromatic rings. The monoisotopic (exact) mass is 545 g/mol. The highest BCUT2D eigenvalue weighted by Crippen LogP contribution is 2.34. The first-order valence-corrected chi connectivity index (χ1v) is 12.5. The number of hydrazine groups is 1. The van der Waals surface area contributed by atoms with E-state index in [9.17, 15) is 24.6 Å². The minimum Gasteiger partial charge on any atom is -0.496 e. The minimum absolute atomic E-state index is 0.0195. The summed E-state index contributed by atoms with van der Waals surface area (Å²) in [7, 11) is 3.07. The van der Waals surface area contributed by atoms with E-state index in [0.717, 1.165) is 0 Å². The average molecular weight is 546 g/mol. The van der Waals surface area contributed by atoms with Crippen LogP contribution in [0.15, 0.2) is 35.3 Å². The van der Waals surface area contributed by atoms with Gasteiger partial charge in [-0.1, -0.05) is 25.4 Å². The quantitative estimate of drug-likeness (QED) is 0.442. The zero-order valence-electron chi connectivity index (χ0n) is 21.5. The maximum Gasteiger partial charge on any atom is 0.341 e. The second-order valence-electron chi connectivity index (χ2n) is 9.63. The molecule has 1 unspecified atom stereocenters. The van der Waals surface area contributed by atoms with Gasteiger partial charge in [0.05, 0.1) is 36.0 Å². The molecule has 1 fully saturated rings. The van der Waals surface area contributed by atoms with E-state index in [1.54, 1.807) is 28.8 Å². The number of methoxy groups -OCH3 is 1. The highest BCUT2D eigenvalue weighted by atomic mass is 35.5. The molecule has 38 heavy (non-hydrogen) atoms. The Hall–Kier alpha value is -3.63. The minimum atomic E-state index is -1.39. The fourth-order valence-corrected chi connectivity index (χ4v) is 5.09. The predicted octanol–water partition coefficient (Wildman–Crippen LogP) is 3.86. The van der Waals surface area contributed by atoms with Gasteiger partial charge >= 0.3 is 5.97 Å². The van der Waals surface area contributed by atoms with Crippen molar-refractivity contribution in [3.8, 4) is 5.75 Å². The number of nitrogens with zero attached hydrogens (tertiary/aromatic N) is 3. The third-order valence-corrected chi connectivity index (χ3v) is 7.28. The molecule has 202 valence electrons. The second kappa shape index (κ2) is 10.6. The van der Waals surface area contributed by atoms with Gasteiger partial charge in [-0.25, -0.2) is 9.18 Å². The van der Waals surface area contributed by atoms with Crippen molar-refractivity contribution in [2.24, 2.45) is 5.92 Å². The van der Waals surface area contributed by atoms with Gasteiger partial charge in [-0.3, -0.25) is 19.6 Å². The molecule has 2 aromatic carbocycles. The number of hydrogen-bond donors (Lipinski definition) is 2. The zero-order chi connectivity index (χ0) is 27.9. The molecule has 1 aliphatic rings. The van der Waals surface area contributed by atoms with Gasteiger partial charge in [0, 0.05) is 44.1 Å². The van der Waals surface area contributed by atoms with E-state index < -0.39 is 28.8 Å². The van der Waals surface area contributed by atoms with Gasteiger partial charge in [-0.2, -0.15) is 0 Å². The van der Waals surface area contributed by atoms with Crippen LogP contribution < -0.4 is 15.2 Å². The SMILES string of the molecule is COc1cc2c(cc1Cc1cc(N3CCC(=O)N3C)cc(Cl)c1F)c(=O)c(C(=O)O)cn2C(CO)C(C)C. The van der Waals surface area contributed by atoms with Crippen LogP contribution in [-0.4, -0.2) is 59.0 Å². The number of aliphatic hydroxyl groups is 1. The topological polar surface area (TPSA) is 112 Å². The van der Waals surface area contributed by atoms with E-state index in [0.29, 0.717) is 35.5 Å². The Morgan fingerprint density at radius 2 is 1.89 bits per heavy atom. The molecule has 11 heteroatoms. The van der Waals surface area contributed by atoms with E-state index in [1.165, 1.54) is 30.4 Å². The molecule has 9 nitrogen and oxygen atoms in total. The second-order valence-corrected chi connectivity index (χ2v) is 10.0. The number of carbonyl (C=O) groups excluding carboxylic acids is 1. The summed E-state index contributed by atoms with van der Waals surface area (Å²) in [5.74, 6) is -1.84. The number of carboxylic acid groups (broad SMARTS) is 1. The summed E-state index contributed by atoms with van der Waals surface area (Å²) in [5.41, 5.74) is 0.441. The number of ether oxygens (including phenoxy) is 1. The van der Waals surface area contributed by atoms with Crippen molar-refractivity contribution < 1.29 is 28.9 Å². The molecule has 2 N–H and O–H groups in total. The number of rotatable bonds is 8. The number of fused-ring (bicyclic) bond motifs is 1. The van der Waals surface area contributed by atoms with Gasteiger partial charge in [0.2, 0.25) is 11.3 Å². The lowest BCUT2D eigenvalue weighted by atomic mass is 9.98. The maximum absolute atomic E-state index is 15.2. The Morgan fingerprint density at radius 3 is 2.45 bits per heavy atom. The van der Waals surface area contributed by atoms with E-state index >= 15 is 4.39 Å². The van der Waals surface area contributed by atoms with E-state index in [1.807, 2.05) is 13.8 Å².